The number of rotatable bonds is 8. The van der Waals surface area contributed by atoms with Gasteiger partial charge in [-0.25, -0.2) is 0 Å². The Bertz CT molecular complexity index is 428. The average Bonchev–Trinajstić information content (AvgIpc) is 2.42. The summed E-state index contributed by atoms with van der Waals surface area (Å²) in [6, 6.07) is 6.33. The third-order valence-corrected chi connectivity index (χ3v) is 2.56. The van der Waals surface area contributed by atoms with Crippen molar-refractivity contribution in [3.8, 4) is 5.75 Å². The molecule has 1 unspecified atom stereocenters. The number of nitrogens with one attached hydrogen (secondary N) is 1. The van der Waals surface area contributed by atoms with E-state index in [1.165, 1.54) is 0 Å². The maximum Gasteiger partial charge on any atom is 0.317 e. The second kappa shape index (κ2) is 7.53. The van der Waals surface area contributed by atoms with E-state index in [2.05, 4.69) is 5.32 Å². The number of carboxylic acid groups (broad SMARTS) is 1. The molecule has 5 heteroatoms. The molecule has 0 aliphatic heterocycles. The smallest absolute Gasteiger partial charge is 0.317 e. The van der Waals surface area contributed by atoms with Gasteiger partial charge in [-0.2, -0.15) is 0 Å². The third kappa shape index (κ3) is 5.09. The first-order valence-electron chi connectivity index (χ1n) is 6.26. The average molecular weight is 265 g/mol. The Balaban J connectivity index is 2.59. The summed E-state index contributed by atoms with van der Waals surface area (Å²) in [4.78, 5) is 22.4. The second-order valence-electron chi connectivity index (χ2n) is 4.23. The van der Waals surface area contributed by atoms with Gasteiger partial charge >= 0.3 is 5.97 Å². The van der Waals surface area contributed by atoms with Crippen molar-refractivity contribution >= 4 is 11.8 Å². The fraction of sp³-hybridized carbons (Fsp3) is 0.429. The van der Waals surface area contributed by atoms with Crippen molar-refractivity contribution in [2.24, 2.45) is 0 Å². The number of benzene rings is 1. The fourth-order valence-electron chi connectivity index (χ4n) is 1.52. The lowest BCUT2D eigenvalue weighted by Crippen LogP contribution is -2.37. The van der Waals surface area contributed by atoms with Gasteiger partial charge in [0, 0.05) is 5.56 Å². The van der Waals surface area contributed by atoms with Gasteiger partial charge in [0.2, 0.25) is 0 Å². The topological polar surface area (TPSA) is 75.6 Å². The minimum absolute atomic E-state index is 0.136. The molecule has 0 fully saturated rings. The summed E-state index contributed by atoms with van der Waals surface area (Å²) in [6.07, 6.45) is 0.927. The van der Waals surface area contributed by atoms with Crippen molar-refractivity contribution < 1.29 is 19.4 Å². The lowest BCUT2D eigenvalue weighted by molar-refractivity contribution is -0.136. The van der Waals surface area contributed by atoms with Crippen LogP contribution in [0.5, 0.6) is 5.75 Å². The number of ether oxygens (including phenoxy) is 1. The molecule has 1 rings (SSSR count). The Morgan fingerprint density at radius 3 is 2.47 bits per heavy atom. The van der Waals surface area contributed by atoms with Gasteiger partial charge in [-0.1, -0.05) is 6.92 Å². The molecule has 0 heterocycles. The molecule has 0 aliphatic rings. The highest BCUT2D eigenvalue weighted by Gasteiger charge is 2.15. The van der Waals surface area contributed by atoms with E-state index in [9.17, 15) is 9.59 Å². The number of aliphatic carboxylic acids is 1. The molecule has 1 aromatic carbocycles. The number of hydrogen-bond acceptors (Lipinski definition) is 4. The molecule has 0 amide bonds. The first kappa shape index (κ1) is 15.2. The van der Waals surface area contributed by atoms with Gasteiger partial charge in [-0.3, -0.25) is 14.9 Å². The zero-order valence-electron chi connectivity index (χ0n) is 11.2. The van der Waals surface area contributed by atoms with Gasteiger partial charge in [0.05, 0.1) is 19.2 Å². The van der Waals surface area contributed by atoms with Crippen LogP contribution >= 0.6 is 0 Å². The van der Waals surface area contributed by atoms with Crippen molar-refractivity contribution in [1.82, 2.24) is 5.32 Å². The first-order chi connectivity index (χ1) is 9.04. The van der Waals surface area contributed by atoms with E-state index >= 15 is 0 Å². The van der Waals surface area contributed by atoms with Crippen LogP contribution in [0.4, 0.5) is 0 Å². The van der Waals surface area contributed by atoms with Crippen LogP contribution in [0.1, 0.15) is 30.6 Å². The molecule has 19 heavy (non-hydrogen) atoms. The number of hydrogen-bond donors (Lipinski definition) is 2. The van der Waals surface area contributed by atoms with Crippen LogP contribution in [0.15, 0.2) is 24.3 Å². The second-order valence-corrected chi connectivity index (χ2v) is 4.23. The molecule has 0 saturated heterocycles. The highest BCUT2D eigenvalue weighted by atomic mass is 16.5. The largest absolute Gasteiger partial charge is 0.494 e. The molecular weight excluding hydrogens is 246 g/mol. The van der Waals surface area contributed by atoms with E-state index in [0.717, 1.165) is 12.2 Å². The zero-order chi connectivity index (χ0) is 14.3. The van der Waals surface area contributed by atoms with Crippen LogP contribution in [-0.4, -0.2) is 36.1 Å². The minimum atomic E-state index is -0.983. The van der Waals surface area contributed by atoms with E-state index in [1.807, 2.05) is 6.92 Å². The molecule has 0 aliphatic carbocycles. The Morgan fingerprint density at radius 2 is 1.95 bits per heavy atom. The number of ketones is 1. The maximum atomic E-state index is 12.0. The minimum Gasteiger partial charge on any atom is -0.494 e. The van der Waals surface area contributed by atoms with Crippen molar-refractivity contribution in [2.75, 3.05) is 13.2 Å². The standard InChI is InChI=1S/C14H19NO4/c1-3-8-19-12-6-4-11(5-7-12)14(18)10(2)15-9-13(16)17/h4-7,10,15H,3,8-9H2,1-2H3,(H,16,17). The summed E-state index contributed by atoms with van der Waals surface area (Å²) in [5, 5.41) is 11.2. The van der Waals surface area contributed by atoms with Crippen LogP contribution < -0.4 is 10.1 Å². The fourth-order valence-corrected chi connectivity index (χ4v) is 1.52. The summed E-state index contributed by atoms with van der Waals surface area (Å²) in [5.41, 5.74) is 0.536. The maximum absolute atomic E-state index is 12.0. The lowest BCUT2D eigenvalue weighted by atomic mass is 10.1. The molecule has 5 nitrogen and oxygen atoms in total. The van der Waals surface area contributed by atoms with Crippen molar-refractivity contribution in [2.45, 2.75) is 26.3 Å². The Morgan fingerprint density at radius 1 is 1.32 bits per heavy atom. The monoisotopic (exact) mass is 265 g/mol. The molecule has 104 valence electrons. The zero-order valence-corrected chi connectivity index (χ0v) is 11.2. The number of carbonyl (C=O) groups excluding carboxylic acids is 1. The van der Waals surface area contributed by atoms with Crippen LogP contribution in [0, 0.1) is 0 Å². The molecular formula is C14H19NO4. The van der Waals surface area contributed by atoms with Crippen LogP contribution in [0.25, 0.3) is 0 Å². The number of carboxylic acids is 1. The molecule has 0 radical (unpaired) electrons. The summed E-state index contributed by atoms with van der Waals surface area (Å²) >= 11 is 0. The molecule has 1 atom stereocenters. The molecule has 0 aromatic heterocycles. The normalized spacial score (nSPS) is 11.9. The van der Waals surface area contributed by atoms with E-state index in [-0.39, 0.29) is 12.3 Å². The summed E-state index contributed by atoms with van der Waals surface area (Å²) in [6.45, 7) is 4.08. The Hall–Kier alpha value is -1.88. The lowest BCUT2D eigenvalue weighted by Gasteiger charge is -2.11. The van der Waals surface area contributed by atoms with Crippen molar-refractivity contribution in [1.29, 1.82) is 0 Å². The highest BCUT2D eigenvalue weighted by molar-refractivity contribution is 6.00. The van der Waals surface area contributed by atoms with Gasteiger partial charge in [0.1, 0.15) is 5.75 Å². The molecule has 2 N–H and O–H groups in total. The third-order valence-electron chi connectivity index (χ3n) is 2.56. The van der Waals surface area contributed by atoms with E-state index in [0.29, 0.717) is 12.2 Å². The van der Waals surface area contributed by atoms with E-state index in [1.54, 1.807) is 31.2 Å². The van der Waals surface area contributed by atoms with Gasteiger partial charge in [0.25, 0.3) is 0 Å². The first-order valence-corrected chi connectivity index (χ1v) is 6.26. The van der Waals surface area contributed by atoms with Crippen LogP contribution in [-0.2, 0) is 4.79 Å². The van der Waals surface area contributed by atoms with Crippen LogP contribution in [0.3, 0.4) is 0 Å². The predicted molar refractivity (Wildman–Crippen MR) is 71.7 cm³/mol. The summed E-state index contributed by atoms with van der Waals surface area (Å²) in [7, 11) is 0. The van der Waals surface area contributed by atoms with Crippen molar-refractivity contribution in [3.05, 3.63) is 29.8 Å². The highest BCUT2D eigenvalue weighted by Crippen LogP contribution is 2.13. The van der Waals surface area contributed by atoms with E-state index < -0.39 is 12.0 Å². The number of carbonyl (C=O) groups is 2. The Kier molecular flexibility index (Phi) is 6.02. The molecule has 0 bridgehead atoms. The quantitative estimate of drug-likeness (QED) is 0.700. The summed E-state index contributed by atoms with van der Waals surface area (Å²) < 4.78 is 5.42. The Labute approximate surface area is 112 Å². The SMILES string of the molecule is CCCOc1ccc(C(=O)C(C)NCC(=O)O)cc1. The van der Waals surface area contributed by atoms with Gasteiger partial charge in [0.15, 0.2) is 5.78 Å². The molecule has 0 saturated carbocycles. The summed E-state index contributed by atoms with van der Waals surface area (Å²) in [5.74, 6) is -0.393. The number of Topliss-reactive ketones (excluding diaryl/α,β-unsaturated/α-hetero) is 1. The predicted octanol–water partition coefficient (Wildman–Crippen LogP) is 1.72. The van der Waals surface area contributed by atoms with Crippen molar-refractivity contribution in [3.63, 3.8) is 0 Å². The molecule has 1 aromatic rings. The van der Waals surface area contributed by atoms with Gasteiger partial charge in [-0.15, -0.1) is 0 Å². The van der Waals surface area contributed by atoms with E-state index in [4.69, 9.17) is 9.84 Å². The molecule has 0 spiro atoms. The van der Waals surface area contributed by atoms with Gasteiger partial charge in [-0.05, 0) is 37.6 Å². The van der Waals surface area contributed by atoms with Crippen LogP contribution in [0.2, 0.25) is 0 Å². The van der Waals surface area contributed by atoms with Gasteiger partial charge < -0.3 is 9.84 Å².